The van der Waals surface area contributed by atoms with Crippen molar-refractivity contribution in [3.05, 3.63) is 0 Å². The number of amides is 1. The number of aliphatic hydroxyl groups is 1. The van der Waals surface area contributed by atoms with Crippen molar-refractivity contribution in [3.8, 4) is 0 Å². The highest BCUT2D eigenvalue weighted by Gasteiger charge is 2.39. The minimum absolute atomic E-state index is 0.0816. The first-order chi connectivity index (χ1) is 10.0. The lowest BCUT2D eigenvalue weighted by molar-refractivity contribution is -0.128. The number of aliphatic hydroxyl groups excluding tert-OH is 1. The molecule has 1 aliphatic carbocycles. The van der Waals surface area contributed by atoms with E-state index in [9.17, 15) is 9.90 Å². The molecule has 2 fully saturated rings. The molecule has 21 heavy (non-hydrogen) atoms. The first kappa shape index (κ1) is 16.8. The van der Waals surface area contributed by atoms with Gasteiger partial charge in [-0.1, -0.05) is 26.7 Å². The van der Waals surface area contributed by atoms with E-state index in [1.165, 1.54) is 12.8 Å². The molecule has 1 heterocycles. The molecule has 2 N–H and O–H groups in total. The molecule has 0 radical (unpaired) electrons. The predicted molar refractivity (Wildman–Crippen MR) is 85.0 cm³/mol. The third kappa shape index (κ3) is 4.19. The van der Waals surface area contributed by atoms with Crippen LogP contribution in [0.25, 0.3) is 0 Å². The fourth-order valence-electron chi connectivity index (χ4n) is 3.94. The van der Waals surface area contributed by atoms with Gasteiger partial charge in [-0.3, -0.25) is 9.69 Å². The lowest BCUT2D eigenvalue weighted by Crippen LogP contribution is -2.55. The lowest BCUT2D eigenvalue weighted by atomic mass is 9.86. The summed E-state index contributed by atoms with van der Waals surface area (Å²) in [5.74, 6) is 0.990. The van der Waals surface area contributed by atoms with E-state index in [1.54, 1.807) is 0 Å². The van der Waals surface area contributed by atoms with E-state index < -0.39 is 0 Å². The van der Waals surface area contributed by atoms with Gasteiger partial charge in [0, 0.05) is 18.5 Å². The van der Waals surface area contributed by atoms with Crippen molar-refractivity contribution in [3.63, 3.8) is 0 Å². The van der Waals surface area contributed by atoms with Crippen LogP contribution in [0.4, 0.5) is 0 Å². The van der Waals surface area contributed by atoms with Crippen LogP contribution in [-0.2, 0) is 4.79 Å². The molecule has 4 heteroatoms. The van der Waals surface area contributed by atoms with Gasteiger partial charge in [0.2, 0.25) is 5.91 Å². The van der Waals surface area contributed by atoms with Gasteiger partial charge in [-0.2, -0.15) is 0 Å². The van der Waals surface area contributed by atoms with Crippen molar-refractivity contribution in [2.45, 2.75) is 77.5 Å². The van der Waals surface area contributed by atoms with E-state index in [-0.39, 0.29) is 18.1 Å². The largest absolute Gasteiger partial charge is 0.393 e. The maximum atomic E-state index is 12.4. The van der Waals surface area contributed by atoms with E-state index >= 15 is 0 Å². The number of rotatable bonds is 5. The molecule has 4 unspecified atom stereocenters. The van der Waals surface area contributed by atoms with Gasteiger partial charge in [0.25, 0.3) is 0 Å². The SMILES string of the molecule is CC(C)CNC(=O)C(C)N1CCCCC1C1CCCC1O. The Kier molecular flexibility index (Phi) is 6.06. The van der Waals surface area contributed by atoms with Crippen LogP contribution in [-0.4, -0.2) is 47.2 Å². The van der Waals surface area contributed by atoms with Crippen LogP contribution in [0.3, 0.4) is 0 Å². The monoisotopic (exact) mass is 296 g/mol. The Morgan fingerprint density at radius 1 is 1.19 bits per heavy atom. The van der Waals surface area contributed by atoms with Crippen molar-refractivity contribution in [2.24, 2.45) is 11.8 Å². The van der Waals surface area contributed by atoms with Gasteiger partial charge in [-0.25, -0.2) is 0 Å². The zero-order chi connectivity index (χ0) is 15.4. The molecule has 0 bridgehead atoms. The highest BCUT2D eigenvalue weighted by Crippen LogP contribution is 2.36. The first-order valence-corrected chi connectivity index (χ1v) is 8.72. The molecule has 0 aromatic heterocycles. The van der Waals surface area contributed by atoms with Crippen LogP contribution in [0.15, 0.2) is 0 Å². The molecule has 2 rings (SSSR count). The zero-order valence-electron chi connectivity index (χ0n) is 13.8. The summed E-state index contributed by atoms with van der Waals surface area (Å²) in [6.45, 7) is 7.99. The Labute approximate surface area is 129 Å². The number of piperidine rings is 1. The Hall–Kier alpha value is -0.610. The number of likely N-dealkylation sites (tertiary alicyclic amines) is 1. The normalized spacial score (nSPS) is 32.3. The molecule has 1 saturated carbocycles. The summed E-state index contributed by atoms with van der Waals surface area (Å²) in [6, 6.07) is 0.304. The van der Waals surface area contributed by atoms with Crippen molar-refractivity contribution in [1.82, 2.24) is 10.2 Å². The van der Waals surface area contributed by atoms with Gasteiger partial charge in [0.15, 0.2) is 0 Å². The third-order valence-electron chi connectivity index (χ3n) is 5.18. The van der Waals surface area contributed by atoms with E-state index in [1.807, 2.05) is 6.92 Å². The van der Waals surface area contributed by atoms with Crippen LogP contribution in [0.2, 0.25) is 0 Å². The summed E-state index contributed by atoms with van der Waals surface area (Å²) in [7, 11) is 0. The van der Waals surface area contributed by atoms with Crippen LogP contribution < -0.4 is 5.32 Å². The smallest absolute Gasteiger partial charge is 0.237 e. The summed E-state index contributed by atoms with van der Waals surface area (Å²) in [6.07, 6.45) is 6.53. The number of carbonyl (C=O) groups excluding carboxylic acids is 1. The average molecular weight is 296 g/mol. The second-order valence-corrected chi connectivity index (χ2v) is 7.28. The van der Waals surface area contributed by atoms with Crippen molar-refractivity contribution < 1.29 is 9.90 Å². The Balaban J connectivity index is 1.98. The second kappa shape index (κ2) is 7.59. The Morgan fingerprint density at radius 3 is 2.57 bits per heavy atom. The minimum Gasteiger partial charge on any atom is -0.393 e. The lowest BCUT2D eigenvalue weighted by Gasteiger charge is -2.43. The molecule has 1 saturated heterocycles. The molecule has 4 nitrogen and oxygen atoms in total. The number of nitrogens with one attached hydrogen (secondary N) is 1. The summed E-state index contributed by atoms with van der Waals surface area (Å²) >= 11 is 0. The first-order valence-electron chi connectivity index (χ1n) is 8.72. The van der Waals surface area contributed by atoms with Gasteiger partial charge in [-0.15, -0.1) is 0 Å². The molecular formula is C17H32N2O2. The number of nitrogens with zero attached hydrogens (tertiary/aromatic N) is 1. The Bertz CT molecular complexity index is 346. The van der Waals surface area contributed by atoms with Crippen molar-refractivity contribution >= 4 is 5.91 Å². The maximum absolute atomic E-state index is 12.4. The van der Waals surface area contributed by atoms with Crippen LogP contribution >= 0.6 is 0 Å². The summed E-state index contributed by atoms with van der Waals surface area (Å²) in [4.78, 5) is 14.7. The molecule has 1 aliphatic heterocycles. The molecular weight excluding hydrogens is 264 g/mol. The molecule has 122 valence electrons. The standard InChI is InChI=1S/C17H32N2O2/c1-12(2)11-18-17(21)13(3)19-10-5-4-8-15(19)14-7-6-9-16(14)20/h12-16,20H,4-11H2,1-3H3,(H,18,21). The highest BCUT2D eigenvalue weighted by atomic mass is 16.3. The Morgan fingerprint density at radius 2 is 1.95 bits per heavy atom. The molecule has 0 aromatic carbocycles. The zero-order valence-corrected chi connectivity index (χ0v) is 13.8. The summed E-state index contributed by atoms with van der Waals surface area (Å²) in [5.41, 5.74) is 0. The molecule has 0 aromatic rings. The number of carbonyl (C=O) groups is 1. The van der Waals surface area contributed by atoms with Gasteiger partial charge in [0.1, 0.15) is 0 Å². The molecule has 4 atom stereocenters. The van der Waals surface area contributed by atoms with Crippen LogP contribution in [0.1, 0.15) is 59.3 Å². The van der Waals surface area contributed by atoms with Crippen LogP contribution in [0, 0.1) is 11.8 Å². The quantitative estimate of drug-likeness (QED) is 0.817. The molecule has 1 amide bonds. The van der Waals surface area contributed by atoms with E-state index in [0.29, 0.717) is 17.9 Å². The van der Waals surface area contributed by atoms with E-state index in [4.69, 9.17) is 0 Å². The molecule has 2 aliphatic rings. The van der Waals surface area contributed by atoms with E-state index in [2.05, 4.69) is 24.1 Å². The number of hydrogen-bond acceptors (Lipinski definition) is 3. The van der Waals surface area contributed by atoms with Gasteiger partial charge in [-0.05, 0) is 45.1 Å². The second-order valence-electron chi connectivity index (χ2n) is 7.28. The maximum Gasteiger partial charge on any atom is 0.237 e. The summed E-state index contributed by atoms with van der Waals surface area (Å²) < 4.78 is 0. The van der Waals surface area contributed by atoms with E-state index in [0.717, 1.165) is 38.8 Å². The van der Waals surface area contributed by atoms with Crippen molar-refractivity contribution in [1.29, 1.82) is 0 Å². The van der Waals surface area contributed by atoms with Gasteiger partial charge in [0.05, 0.1) is 12.1 Å². The summed E-state index contributed by atoms with van der Waals surface area (Å²) in [5, 5.41) is 13.3. The predicted octanol–water partition coefficient (Wildman–Crippen LogP) is 2.16. The molecule has 0 spiro atoms. The van der Waals surface area contributed by atoms with Crippen LogP contribution in [0.5, 0.6) is 0 Å². The van der Waals surface area contributed by atoms with Gasteiger partial charge >= 0.3 is 0 Å². The fourth-order valence-corrected chi connectivity index (χ4v) is 3.94. The van der Waals surface area contributed by atoms with Crippen molar-refractivity contribution in [2.75, 3.05) is 13.1 Å². The fraction of sp³-hybridized carbons (Fsp3) is 0.941. The number of hydrogen-bond donors (Lipinski definition) is 2. The minimum atomic E-state index is -0.165. The van der Waals surface area contributed by atoms with Gasteiger partial charge < -0.3 is 10.4 Å². The third-order valence-corrected chi connectivity index (χ3v) is 5.18. The average Bonchev–Trinajstić information content (AvgIpc) is 2.90. The topological polar surface area (TPSA) is 52.6 Å². The highest BCUT2D eigenvalue weighted by molar-refractivity contribution is 5.81.